The second kappa shape index (κ2) is 8.34. The van der Waals surface area contributed by atoms with Crippen LogP contribution in [0, 0.1) is 5.92 Å². The van der Waals surface area contributed by atoms with Crippen molar-refractivity contribution in [3.63, 3.8) is 0 Å². The Morgan fingerprint density at radius 1 is 1.23 bits per heavy atom. The van der Waals surface area contributed by atoms with Crippen LogP contribution in [-0.4, -0.2) is 64.5 Å². The third-order valence-electron chi connectivity index (χ3n) is 5.92. The quantitative estimate of drug-likeness (QED) is 0.753. The van der Waals surface area contributed by atoms with Crippen molar-refractivity contribution in [3.8, 4) is 0 Å². The molecule has 1 aromatic heterocycles. The molecule has 2 fully saturated rings. The molecule has 9 heteroatoms. The molecule has 1 N–H and O–H groups in total. The van der Waals surface area contributed by atoms with Crippen LogP contribution in [-0.2, 0) is 14.0 Å². The van der Waals surface area contributed by atoms with Crippen molar-refractivity contribution in [1.29, 1.82) is 0 Å². The fourth-order valence-corrected chi connectivity index (χ4v) is 3.49. The van der Waals surface area contributed by atoms with E-state index in [4.69, 9.17) is 14.0 Å². The lowest BCUT2D eigenvalue weighted by atomic mass is 9.81. The lowest BCUT2D eigenvalue weighted by molar-refractivity contribution is 0.00578. The maximum Gasteiger partial charge on any atom is 0.498 e. The van der Waals surface area contributed by atoms with Gasteiger partial charge in [-0.25, -0.2) is 14.8 Å². The number of nitrogens with one attached hydrogen (secondary N) is 1. The molecule has 30 heavy (non-hydrogen) atoms. The molecular weight excluding hydrogens is 383 g/mol. The van der Waals surface area contributed by atoms with Gasteiger partial charge in [0.05, 0.1) is 11.2 Å². The molecule has 2 aliphatic rings. The highest BCUT2D eigenvalue weighted by atomic mass is 16.7. The fraction of sp³-hybridized carbons (Fsp3) is 0.762. The van der Waals surface area contributed by atoms with E-state index in [2.05, 4.69) is 15.3 Å². The van der Waals surface area contributed by atoms with E-state index in [1.165, 1.54) is 0 Å². The van der Waals surface area contributed by atoms with Crippen LogP contribution in [0.25, 0.3) is 0 Å². The van der Waals surface area contributed by atoms with E-state index in [9.17, 15) is 4.79 Å². The zero-order valence-electron chi connectivity index (χ0n) is 19.3. The van der Waals surface area contributed by atoms with Gasteiger partial charge in [-0.3, -0.25) is 0 Å². The molecular formula is C21H35BN4O4. The first-order valence-electron chi connectivity index (χ1n) is 10.8. The molecule has 1 unspecified atom stereocenters. The molecule has 2 saturated heterocycles. The van der Waals surface area contributed by atoms with Gasteiger partial charge in [0, 0.05) is 37.5 Å². The van der Waals surface area contributed by atoms with E-state index < -0.39 is 23.9 Å². The summed E-state index contributed by atoms with van der Waals surface area (Å²) in [7, 11) is -0.468. The lowest BCUT2D eigenvalue weighted by Gasteiger charge is -2.34. The SMILES string of the molecule is CC(C)(C)OC(=O)N1CCCC(CNc2ncc(B3OC(C)(C)C(C)(C)O3)cn2)C1. The summed E-state index contributed by atoms with van der Waals surface area (Å²) in [5.74, 6) is 0.891. The van der Waals surface area contributed by atoms with Crippen LogP contribution in [0.4, 0.5) is 10.7 Å². The average molecular weight is 418 g/mol. The van der Waals surface area contributed by atoms with E-state index in [0.29, 0.717) is 25.0 Å². The highest BCUT2D eigenvalue weighted by molar-refractivity contribution is 6.61. The zero-order chi connectivity index (χ0) is 22.2. The molecule has 8 nitrogen and oxygen atoms in total. The number of piperidine rings is 1. The number of anilines is 1. The molecule has 1 aromatic rings. The highest BCUT2D eigenvalue weighted by Crippen LogP contribution is 2.36. The molecule has 0 bridgehead atoms. The van der Waals surface area contributed by atoms with Crippen LogP contribution >= 0.6 is 0 Å². The standard InChI is InChI=1S/C21H35BN4O4/c1-19(2,3)28-18(27)26-10-8-9-15(14-26)11-23-17-24-12-16(13-25-17)22-29-20(4,5)21(6,7)30-22/h12-13,15H,8-11,14H2,1-7H3,(H,23,24,25). The number of carbonyl (C=O) groups is 1. The summed E-state index contributed by atoms with van der Waals surface area (Å²) in [5, 5.41) is 3.29. The van der Waals surface area contributed by atoms with Gasteiger partial charge in [0.15, 0.2) is 0 Å². The number of rotatable bonds is 4. The Morgan fingerprint density at radius 2 is 1.83 bits per heavy atom. The Hall–Kier alpha value is -1.87. The number of ether oxygens (including phenoxy) is 1. The van der Waals surface area contributed by atoms with Crippen LogP contribution < -0.4 is 10.8 Å². The molecule has 1 atom stereocenters. The maximum absolute atomic E-state index is 12.3. The number of hydrogen-bond donors (Lipinski definition) is 1. The van der Waals surface area contributed by atoms with E-state index >= 15 is 0 Å². The first-order chi connectivity index (χ1) is 13.9. The van der Waals surface area contributed by atoms with E-state index in [-0.39, 0.29) is 6.09 Å². The minimum absolute atomic E-state index is 0.241. The molecule has 0 aliphatic carbocycles. The van der Waals surface area contributed by atoms with E-state index in [0.717, 1.165) is 24.8 Å². The number of amides is 1. The van der Waals surface area contributed by atoms with Gasteiger partial charge < -0.3 is 24.3 Å². The third kappa shape index (κ3) is 5.43. The van der Waals surface area contributed by atoms with E-state index in [1.54, 1.807) is 17.3 Å². The number of carbonyl (C=O) groups excluding carboxylic acids is 1. The summed E-state index contributed by atoms with van der Waals surface area (Å²) in [6.45, 7) is 15.9. The molecule has 3 rings (SSSR count). The smallest absolute Gasteiger partial charge is 0.444 e. The van der Waals surface area contributed by atoms with Gasteiger partial charge in [0.2, 0.25) is 5.95 Å². The first-order valence-corrected chi connectivity index (χ1v) is 10.8. The van der Waals surface area contributed by atoms with Crippen molar-refractivity contribution in [3.05, 3.63) is 12.4 Å². The minimum atomic E-state index is -0.477. The maximum atomic E-state index is 12.3. The zero-order valence-corrected chi connectivity index (χ0v) is 19.3. The van der Waals surface area contributed by atoms with Crippen LogP contribution in [0.1, 0.15) is 61.3 Å². The summed E-state index contributed by atoms with van der Waals surface area (Å²) in [6, 6.07) is 0. The van der Waals surface area contributed by atoms with Crippen molar-refractivity contribution >= 4 is 24.6 Å². The third-order valence-corrected chi connectivity index (χ3v) is 5.92. The van der Waals surface area contributed by atoms with Gasteiger partial charge in [0.1, 0.15) is 5.60 Å². The predicted octanol–water partition coefficient (Wildman–Crippen LogP) is 2.83. The number of aromatic nitrogens is 2. The topological polar surface area (TPSA) is 85.8 Å². The molecule has 0 aromatic carbocycles. The van der Waals surface area contributed by atoms with Crippen LogP contribution in [0.2, 0.25) is 0 Å². The van der Waals surface area contributed by atoms with Crippen LogP contribution in [0.3, 0.4) is 0 Å². The lowest BCUT2D eigenvalue weighted by Crippen LogP contribution is -2.44. The Labute approximate surface area is 180 Å². The molecule has 0 radical (unpaired) electrons. The Kier molecular flexibility index (Phi) is 6.34. The summed E-state index contributed by atoms with van der Waals surface area (Å²) in [6.07, 6.45) is 5.26. The first kappa shape index (κ1) is 22.8. The number of hydrogen-bond acceptors (Lipinski definition) is 7. The second-order valence-corrected chi connectivity index (χ2v) is 10.2. The second-order valence-electron chi connectivity index (χ2n) is 10.2. The molecule has 2 aliphatic heterocycles. The van der Waals surface area contributed by atoms with Crippen LogP contribution in [0.5, 0.6) is 0 Å². The molecule has 1 amide bonds. The van der Waals surface area contributed by atoms with Gasteiger partial charge in [-0.2, -0.15) is 0 Å². The van der Waals surface area contributed by atoms with Crippen molar-refractivity contribution in [1.82, 2.24) is 14.9 Å². The number of likely N-dealkylation sites (tertiary alicyclic amines) is 1. The largest absolute Gasteiger partial charge is 0.498 e. The Morgan fingerprint density at radius 3 is 2.40 bits per heavy atom. The molecule has 3 heterocycles. The summed E-state index contributed by atoms with van der Waals surface area (Å²) in [5.41, 5.74) is -0.465. The predicted molar refractivity (Wildman–Crippen MR) is 117 cm³/mol. The summed E-state index contributed by atoms with van der Waals surface area (Å²) < 4.78 is 17.6. The number of nitrogens with zero attached hydrogens (tertiary/aromatic N) is 3. The fourth-order valence-electron chi connectivity index (χ4n) is 3.49. The highest BCUT2D eigenvalue weighted by Gasteiger charge is 2.51. The molecule has 0 spiro atoms. The van der Waals surface area contributed by atoms with Crippen molar-refractivity contribution in [2.45, 2.75) is 78.1 Å². The van der Waals surface area contributed by atoms with Gasteiger partial charge in [-0.1, -0.05) is 0 Å². The van der Waals surface area contributed by atoms with Crippen molar-refractivity contribution in [2.24, 2.45) is 5.92 Å². The minimum Gasteiger partial charge on any atom is -0.444 e. The molecule has 166 valence electrons. The Bertz CT molecular complexity index is 732. The summed E-state index contributed by atoms with van der Waals surface area (Å²) in [4.78, 5) is 23.0. The molecule has 0 saturated carbocycles. The van der Waals surface area contributed by atoms with Gasteiger partial charge in [-0.15, -0.1) is 0 Å². The Balaban J connectivity index is 1.51. The average Bonchev–Trinajstić information content (AvgIpc) is 2.87. The summed E-state index contributed by atoms with van der Waals surface area (Å²) >= 11 is 0. The van der Waals surface area contributed by atoms with Crippen molar-refractivity contribution in [2.75, 3.05) is 25.0 Å². The van der Waals surface area contributed by atoms with E-state index in [1.807, 2.05) is 48.5 Å². The van der Waals surface area contributed by atoms with Gasteiger partial charge in [-0.05, 0) is 67.2 Å². The normalized spacial score (nSPS) is 23.4. The van der Waals surface area contributed by atoms with Gasteiger partial charge in [0.25, 0.3) is 0 Å². The van der Waals surface area contributed by atoms with Crippen LogP contribution in [0.15, 0.2) is 12.4 Å². The van der Waals surface area contributed by atoms with Crippen molar-refractivity contribution < 1.29 is 18.8 Å². The monoisotopic (exact) mass is 418 g/mol. The van der Waals surface area contributed by atoms with Gasteiger partial charge >= 0.3 is 13.2 Å².